The Morgan fingerprint density at radius 3 is 2.72 bits per heavy atom. The van der Waals surface area contributed by atoms with Gasteiger partial charge in [0.15, 0.2) is 0 Å². The molecular weight excluding hydrogens is 226 g/mol. The van der Waals surface area contributed by atoms with E-state index in [-0.39, 0.29) is 0 Å². The van der Waals surface area contributed by atoms with Crippen molar-refractivity contribution in [1.82, 2.24) is 9.38 Å². The van der Waals surface area contributed by atoms with E-state index in [0.717, 1.165) is 22.8 Å². The molecule has 0 aliphatic heterocycles. The van der Waals surface area contributed by atoms with E-state index in [2.05, 4.69) is 4.98 Å². The first-order valence-electron chi connectivity index (χ1n) is 5.72. The van der Waals surface area contributed by atoms with Gasteiger partial charge in [-0.1, -0.05) is 18.2 Å². The molecule has 18 heavy (non-hydrogen) atoms. The van der Waals surface area contributed by atoms with Crippen molar-refractivity contribution >= 4 is 11.3 Å². The number of fused-ring (bicyclic) bond motifs is 1. The van der Waals surface area contributed by atoms with E-state index in [1.165, 1.54) is 0 Å². The molecule has 2 N–H and O–H groups in total. The lowest BCUT2D eigenvalue weighted by Gasteiger charge is -2.02. The zero-order chi connectivity index (χ0) is 12.4. The molecule has 0 saturated carbocycles. The van der Waals surface area contributed by atoms with Crippen LogP contribution in [0.1, 0.15) is 5.69 Å². The quantitative estimate of drug-likeness (QED) is 0.764. The topological polar surface area (TPSA) is 52.5 Å². The number of hydrogen-bond donors (Lipinski definition) is 1. The highest BCUT2D eigenvalue weighted by Crippen LogP contribution is 2.13. The third-order valence-electron chi connectivity index (χ3n) is 2.65. The minimum Gasteiger partial charge on any atom is -0.487 e. The number of anilines is 1. The predicted octanol–water partition coefficient (Wildman–Crippen LogP) is 2.50. The Morgan fingerprint density at radius 1 is 1.06 bits per heavy atom. The van der Waals surface area contributed by atoms with Crippen LogP contribution >= 0.6 is 0 Å². The SMILES string of the molecule is Nc1ccc2nc(COc3ccccc3)cn2c1. The molecule has 4 nitrogen and oxygen atoms in total. The number of nitrogens with two attached hydrogens (primary N) is 1. The fraction of sp³-hybridized carbons (Fsp3) is 0.0714. The number of rotatable bonds is 3. The smallest absolute Gasteiger partial charge is 0.137 e. The number of nitrogens with zero attached hydrogens (tertiary/aromatic N) is 2. The predicted molar refractivity (Wildman–Crippen MR) is 70.4 cm³/mol. The van der Waals surface area contributed by atoms with Gasteiger partial charge >= 0.3 is 0 Å². The Bertz CT molecular complexity index is 661. The zero-order valence-corrected chi connectivity index (χ0v) is 9.78. The Kier molecular flexibility index (Phi) is 2.61. The Morgan fingerprint density at radius 2 is 1.89 bits per heavy atom. The maximum Gasteiger partial charge on any atom is 0.137 e. The van der Waals surface area contributed by atoms with Crippen LogP contribution in [0.5, 0.6) is 5.75 Å². The molecule has 0 fully saturated rings. The van der Waals surface area contributed by atoms with Crippen molar-refractivity contribution in [3.8, 4) is 5.75 Å². The fourth-order valence-electron chi connectivity index (χ4n) is 1.81. The van der Waals surface area contributed by atoms with Gasteiger partial charge in [0.2, 0.25) is 0 Å². The highest BCUT2D eigenvalue weighted by molar-refractivity contribution is 5.48. The van der Waals surface area contributed by atoms with Gasteiger partial charge in [0.05, 0.1) is 5.69 Å². The summed E-state index contributed by atoms with van der Waals surface area (Å²) < 4.78 is 7.55. The van der Waals surface area contributed by atoms with Gasteiger partial charge in [-0.3, -0.25) is 0 Å². The first kappa shape index (κ1) is 10.7. The second kappa shape index (κ2) is 4.41. The zero-order valence-electron chi connectivity index (χ0n) is 9.78. The Hall–Kier alpha value is -2.49. The number of pyridine rings is 1. The summed E-state index contributed by atoms with van der Waals surface area (Å²) in [6.45, 7) is 0.450. The second-order valence-corrected chi connectivity index (χ2v) is 4.06. The van der Waals surface area contributed by atoms with Crippen molar-refractivity contribution < 1.29 is 4.74 Å². The number of para-hydroxylation sites is 1. The summed E-state index contributed by atoms with van der Waals surface area (Å²) in [6, 6.07) is 13.4. The summed E-state index contributed by atoms with van der Waals surface area (Å²) in [5.41, 5.74) is 8.19. The molecule has 2 heterocycles. The van der Waals surface area contributed by atoms with Gasteiger partial charge in [-0.05, 0) is 24.3 Å². The van der Waals surface area contributed by atoms with Gasteiger partial charge in [0.1, 0.15) is 18.0 Å². The van der Waals surface area contributed by atoms with Gasteiger partial charge in [-0.15, -0.1) is 0 Å². The summed E-state index contributed by atoms with van der Waals surface area (Å²) in [4.78, 5) is 4.45. The molecular formula is C14H13N3O. The van der Waals surface area contributed by atoms with Crippen LogP contribution in [0.3, 0.4) is 0 Å². The standard InChI is InChI=1S/C14H13N3O/c15-11-6-7-14-16-12(9-17(14)8-11)10-18-13-4-2-1-3-5-13/h1-9H,10,15H2. The number of benzene rings is 1. The lowest BCUT2D eigenvalue weighted by molar-refractivity contribution is 0.302. The highest BCUT2D eigenvalue weighted by Gasteiger charge is 2.02. The van der Waals surface area contributed by atoms with Crippen molar-refractivity contribution in [2.24, 2.45) is 0 Å². The van der Waals surface area contributed by atoms with Crippen molar-refractivity contribution in [1.29, 1.82) is 0 Å². The largest absolute Gasteiger partial charge is 0.487 e. The number of ether oxygens (including phenoxy) is 1. The normalized spacial score (nSPS) is 10.7. The molecule has 90 valence electrons. The van der Waals surface area contributed by atoms with Crippen LogP contribution < -0.4 is 10.5 Å². The number of nitrogen functional groups attached to an aromatic ring is 1. The number of aromatic nitrogens is 2. The van der Waals surface area contributed by atoms with Crippen LogP contribution in [0.4, 0.5) is 5.69 Å². The van der Waals surface area contributed by atoms with E-state index in [4.69, 9.17) is 10.5 Å². The molecule has 0 saturated heterocycles. The van der Waals surface area contributed by atoms with Gasteiger partial charge in [0, 0.05) is 18.1 Å². The van der Waals surface area contributed by atoms with Gasteiger partial charge in [0.25, 0.3) is 0 Å². The molecule has 0 unspecified atom stereocenters. The van der Waals surface area contributed by atoms with Crippen molar-refractivity contribution in [3.63, 3.8) is 0 Å². The maximum atomic E-state index is 5.72. The molecule has 0 spiro atoms. The molecule has 1 aromatic carbocycles. The molecule has 3 aromatic rings. The van der Waals surface area contributed by atoms with E-state index in [9.17, 15) is 0 Å². The molecule has 0 atom stereocenters. The minimum absolute atomic E-state index is 0.450. The van der Waals surface area contributed by atoms with Crippen molar-refractivity contribution in [3.05, 3.63) is 60.6 Å². The molecule has 3 rings (SSSR count). The lowest BCUT2D eigenvalue weighted by atomic mass is 10.3. The highest BCUT2D eigenvalue weighted by atomic mass is 16.5. The van der Waals surface area contributed by atoms with Crippen LogP contribution in [-0.4, -0.2) is 9.38 Å². The summed E-state index contributed by atoms with van der Waals surface area (Å²) >= 11 is 0. The number of imidazole rings is 1. The van der Waals surface area contributed by atoms with Gasteiger partial charge in [-0.25, -0.2) is 4.98 Å². The van der Waals surface area contributed by atoms with Crippen LogP contribution in [0.15, 0.2) is 54.9 Å². The van der Waals surface area contributed by atoms with Gasteiger partial charge in [-0.2, -0.15) is 0 Å². The molecule has 4 heteroatoms. The minimum atomic E-state index is 0.450. The van der Waals surface area contributed by atoms with Crippen LogP contribution in [-0.2, 0) is 6.61 Å². The van der Waals surface area contributed by atoms with Crippen LogP contribution in [0, 0.1) is 0 Å². The third kappa shape index (κ3) is 2.13. The Balaban J connectivity index is 1.79. The summed E-state index contributed by atoms with van der Waals surface area (Å²) in [5, 5.41) is 0. The molecule has 0 bridgehead atoms. The van der Waals surface area contributed by atoms with Crippen molar-refractivity contribution in [2.75, 3.05) is 5.73 Å². The number of hydrogen-bond acceptors (Lipinski definition) is 3. The molecule has 0 amide bonds. The average Bonchev–Trinajstić information content (AvgIpc) is 2.79. The van der Waals surface area contributed by atoms with Crippen LogP contribution in [0.25, 0.3) is 5.65 Å². The van der Waals surface area contributed by atoms with Crippen LogP contribution in [0.2, 0.25) is 0 Å². The third-order valence-corrected chi connectivity index (χ3v) is 2.65. The molecule has 0 aliphatic rings. The summed E-state index contributed by atoms with van der Waals surface area (Å²) in [6.07, 6.45) is 3.77. The van der Waals surface area contributed by atoms with Gasteiger partial charge < -0.3 is 14.9 Å². The van der Waals surface area contributed by atoms with E-state index >= 15 is 0 Å². The first-order chi connectivity index (χ1) is 8.81. The Labute approximate surface area is 105 Å². The second-order valence-electron chi connectivity index (χ2n) is 4.06. The molecule has 2 aromatic heterocycles. The van der Waals surface area contributed by atoms with E-state index in [0.29, 0.717) is 6.61 Å². The van der Waals surface area contributed by atoms with E-state index in [1.54, 1.807) is 0 Å². The monoisotopic (exact) mass is 239 g/mol. The molecule has 0 aliphatic carbocycles. The lowest BCUT2D eigenvalue weighted by Crippen LogP contribution is -1.94. The fourth-order valence-corrected chi connectivity index (χ4v) is 1.81. The molecule has 0 radical (unpaired) electrons. The van der Waals surface area contributed by atoms with Crippen molar-refractivity contribution in [2.45, 2.75) is 6.61 Å². The average molecular weight is 239 g/mol. The van der Waals surface area contributed by atoms with E-state index in [1.807, 2.05) is 59.3 Å². The maximum absolute atomic E-state index is 5.72. The first-order valence-corrected chi connectivity index (χ1v) is 5.72. The summed E-state index contributed by atoms with van der Waals surface area (Å²) in [5.74, 6) is 0.842. The van der Waals surface area contributed by atoms with E-state index < -0.39 is 0 Å². The summed E-state index contributed by atoms with van der Waals surface area (Å²) in [7, 11) is 0.